The summed E-state index contributed by atoms with van der Waals surface area (Å²) >= 11 is 0. The minimum atomic E-state index is -0.0776. The van der Waals surface area contributed by atoms with Crippen molar-refractivity contribution in [2.75, 3.05) is 24.6 Å². The fourth-order valence-electron chi connectivity index (χ4n) is 4.15. The monoisotopic (exact) mass is 392 g/mol. The molecule has 1 N–H and O–H groups in total. The van der Waals surface area contributed by atoms with E-state index in [1.807, 2.05) is 13.8 Å². The van der Waals surface area contributed by atoms with E-state index in [1.54, 1.807) is 0 Å². The van der Waals surface area contributed by atoms with Crippen LogP contribution in [-0.2, 0) is 4.79 Å². The fraction of sp³-hybridized carbons (Fsp3) is 0.480. The van der Waals surface area contributed by atoms with E-state index in [0.29, 0.717) is 18.6 Å². The largest absolute Gasteiger partial charge is 0.494 e. The minimum absolute atomic E-state index is 0.0776. The summed E-state index contributed by atoms with van der Waals surface area (Å²) in [5, 5.41) is 3.11. The maximum atomic E-state index is 12.3. The van der Waals surface area contributed by atoms with Gasteiger partial charge in [0.1, 0.15) is 5.75 Å². The van der Waals surface area contributed by atoms with E-state index in [2.05, 4.69) is 58.7 Å². The third-order valence-electron chi connectivity index (χ3n) is 6.23. The van der Waals surface area contributed by atoms with E-state index in [0.717, 1.165) is 50.1 Å². The van der Waals surface area contributed by atoms with Gasteiger partial charge in [0.25, 0.3) is 0 Å². The summed E-state index contributed by atoms with van der Waals surface area (Å²) in [6.07, 6.45) is 4.58. The van der Waals surface area contributed by atoms with Gasteiger partial charge in [0, 0.05) is 24.8 Å². The van der Waals surface area contributed by atoms with E-state index < -0.39 is 0 Å². The maximum Gasteiger partial charge on any atom is 0.227 e. The molecular weight excluding hydrogens is 360 g/mol. The van der Waals surface area contributed by atoms with Crippen molar-refractivity contribution in [3.63, 3.8) is 0 Å². The summed E-state index contributed by atoms with van der Waals surface area (Å²) in [5.41, 5.74) is 3.78. The lowest BCUT2D eigenvalue weighted by molar-refractivity contribution is -0.122. The Morgan fingerprint density at radius 1 is 1.03 bits per heavy atom. The van der Waals surface area contributed by atoms with Crippen LogP contribution >= 0.6 is 0 Å². The average molecular weight is 393 g/mol. The molecule has 1 saturated heterocycles. The van der Waals surface area contributed by atoms with Gasteiger partial charge in [-0.15, -0.1) is 0 Å². The van der Waals surface area contributed by atoms with Crippen molar-refractivity contribution in [2.24, 2.45) is 0 Å². The topological polar surface area (TPSA) is 41.6 Å². The summed E-state index contributed by atoms with van der Waals surface area (Å²) in [4.78, 5) is 14.7. The van der Waals surface area contributed by atoms with Crippen molar-refractivity contribution < 1.29 is 9.53 Å². The first-order valence-corrected chi connectivity index (χ1v) is 11.0. The summed E-state index contributed by atoms with van der Waals surface area (Å²) in [5.74, 6) is 1.61. The van der Waals surface area contributed by atoms with Crippen molar-refractivity contribution >= 4 is 11.6 Å². The Labute approximate surface area is 174 Å². The minimum Gasteiger partial charge on any atom is -0.494 e. The number of anilines is 1. The van der Waals surface area contributed by atoms with Crippen LogP contribution in [0, 0.1) is 0 Å². The van der Waals surface area contributed by atoms with Gasteiger partial charge in [-0.3, -0.25) is 4.79 Å². The first-order valence-electron chi connectivity index (χ1n) is 11.0. The highest BCUT2D eigenvalue weighted by atomic mass is 16.5. The quantitative estimate of drug-likeness (QED) is 0.732. The van der Waals surface area contributed by atoms with Crippen molar-refractivity contribution in [1.82, 2.24) is 5.32 Å². The highest BCUT2D eigenvalue weighted by molar-refractivity contribution is 5.83. The number of hydrogen-bond acceptors (Lipinski definition) is 3. The number of piperidine rings is 1. The van der Waals surface area contributed by atoms with Crippen LogP contribution < -0.4 is 15.0 Å². The molecule has 154 valence electrons. The third kappa shape index (κ3) is 4.92. The standard InChI is InChI=1S/C25H32N2O2/c1-3-29-24-12-10-23(11-13-24)27-16-14-21(15-17-27)20-6-4-19(5-7-20)18(2)25(28)26-22-8-9-22/h4-7,10-13,18,21-22H,3,8-9,14-17H2,1-2H3,(H,26,28). The predicted molar refractivity (Wildman–Crippen MR) is 118 cm³/mol. The van der Waals surface area contributed by atoms with Gasteiger partial charge >= 0.3 is 0 Å². The maximum absolute atomic E-state index is 12.3. The van der Waals surface area contributed by atoms with Crippen molar-refractivity contribution in [3.05, 3.63) is 59.7 Å². The summed E-state index contributed by atoms with van der Waals surface area (Å²) < 4.78 is 5.54. The van der Waals surface area contributed by atoms with Gasteiger partial charge in [-0.05, 0) is 80.8 Å². The van der Waals surface area contributed by atoms with Crippen LogP contribution in [0.25, 0.3) is 0 Å². The zero-order valence-electron chi connectivity index (χ0n) is 17.6. The van der Waals surface area contributed by atoms with Gasteiger partial charge in [0.2, 0.25) is 5.91 Å². The molecule has 0 aromatic heterocycles. The molecule has 4 heteroatoms. The summed E-state index contributed by atoms with van der Waals surface area (Å²) in [6, 6.07) is 17.6. The molecule has 2 aromatic carbocycles. The molecule has 2 aromatic rings. The van der Waals surface area contributed by atoms with E-state index >= 15 is 0 Å². The molecule has 1 aliphatic carbocycles. The second-order valence-electron chi connectivity index (χ2n) is 8.36. The molecule has 0 bridgehead atoms. The smallest absolute Gasteiger partial charge is 0.227 e. The van der Waals surface area contributed by atoms with Crippen LogP contribution in [0.15, 0.2) is 48.5 Å². The lowest BCUT2D eigenvalue weighted by Gasteiger charge is -2.34. The van der Waals surface area contributed by atoms with Crippen LogP contribution in [0.3, 0.4) is 0 Å². The van der Waals surface area contributed by atoms with Gasteiger partial charge in [-0.25, -0.2) is 0 Å². The number of benzene rings is 2. The van der Waals surface area contributed by atoms with Gasteiger partial charge < -0.3 is 15.0 Å². The fourth-order valence-corrected chi connectivity index (χ4v) is 4.15. The van der Waals surface area contributed by atoms with Gasteiger partial charge in [0.05, 0.1) is 12.5 Å². The zero-order valence-corrected chi connectivity index (χ0v) is 17.6. The number of hydrogen-bond donors (Lipinski definition) is 1. The molecule has 1 aliphatic heterocycles. The molecule has 4 nitrogen and oxygen atoms in total. The Morgan fingerprint density at radius 3 is 2.28 bits per heavy atom. The van der Waals surface area contributed by atoms with E-state index in [-0.39, 0.29) is 11.8 Å². The Kier molecular flexibility index (Phi) is 6.08. The average Bonchev–Trinajstić information content (AvgIpc) is 3.58. The molecule has 29 heavy (non-hydrogen) atoms. The number of rotatable bonds is 7. The number of amides is 1. The lowest BCUT2D eigenvalue weighted by atomic mass is 9.87. The van der Waals surface area contributed by atoms with E-state index in [4.69, 9.17) is 4.74 Å². The molecule has 1 heterocycles. The Hall–Kier alpha value is -2.49. The van der Waals surface area contributed by atoms with Crippen LogP contribution in [0.4, 0.5) is 5.69 Å². The summed E-state index contributed by atoms with van der Waals surface area (Å²) in [7, 11) is 0. The molecule has 1 saturated carbocycles. The molecule has 2 fully saturated rings. The molecule has 4 rings (SSSR count). The number of carbonyl (C=O) groups is 1. The predicted octanol–water partition coefficient (Wildman–Crippen LogP) is 4.85. The Balaban J connectivity index is 1.31. The summed E-state index contributed by atoms with van der Waals surface area (Å²) in [6.45, 7) is 6.85. The van der Waals surface area contributed by atoms with Gasteiger partial charge in [0.15, 0.2) is 0 Å². The normalized spacial score (nSPS) is 18.3. The van der Waals surface area contributed by atoms with E-state index in [1.165, 1.54) is 11.3 Å². The van der Waals surface area contributed by atoms with Crippen LogP contribution in [0.5, 0.6) is 5.75 Å². The van der Waals surface area contributed by atoms with Crippen molar-refractivity contribution in [3.8, 4) is 5.75 Å². The van der Waals surface area contributed by atoms with Gasteiger partial charge in [-0.2, -0.15) is 0 Å². The Bertz CT molecular complexity index is 804. The second kappa shape index (κ2) is 8.89. The molecule has 2 aliphatic rings. The lowest BCUT2D eigenvalue weighted by Crippen LogP contribution is -2.32. The molecule has 0 spiro atoms. The first-order chi connectivity index (χ1) is 14.1. The van der Waals surface area contributed by atoms with Crippen molar-refractivity contribution in [1.29, 1.82) is 0 Å². The highest BCUT2D eigenvalue weighted by Gasteiger charge is 2.26. The SMILES string of the molecule is CCOc1ccc(N2CCC(c3ccc(C(C)C(=O)NC4CC4)cc3)CC2)cc1. The zero-order chi connectivity index (χ0) is 20.2. The molecular formula is C25H32N2O2. The molecule has 1 amide bonds. The third-order valence-corrected chi connectivity index (χ3v) is 6.23. The first kappa shape index (κ1) is 19.8. The number of ether oxygens (including phenoxy) is 1. The number of nitrogens with zero attached hydrogens (tertiary/aromatic N) is 1. The number of nitrogens with one attached hydrogen (secondary N) is 1. The number of carbonyl (C=O) groups excluding carboxylic acids is 1. The van der Waals surface area contributed by atoms with E-state index in [9.17, 15) is 4.79 Å². The molecule has 0 radical (unpaired) electrons. The van der Waals surface area contributed by atoms with Crippen LogP contribution in [0.2, 0.25) is 0 Å². The van der Waals surface area contributed by atoms with Gasteiger partial charge in [-0.1, -0.05) is 24.3 Å². The molecule has 1 atom stereocenters. The van der Waals surface area contributed by atoms with Crippen molar-refractivity contribution in [2.45, 2.75) is 57.4 Å². The second-order valence-corrected chi connectivity index (χ2v) is 8.36. The van der Waals surface area contributed by atoms with Crippen LogP contribution in [-0.4, -0.2) is 31.6 Å². The molecule has 1 unspecified atom stereocenters. The van der Waals surface area contributed by atoms with Crippen LogP contribution in [0.1, 0.15) is 62.5 Å². The Morgan fingerprint density at radius 2 is 1.69 bits per heavy atom. The highest BCUT2D eigenvalue weighted by Crippen LogP contribution is 2.32.